The zero-order valence-corrected chi connectivity index (χ0v) is 25.1. The van der Waals surface area contributed by atoms with Crippen LogP contribution in [0.4, 0.5) is 32.4 Å². The summed E-state index contributed by atoms with van der Waals surface area (Å²) in [7, 11) is 0. The molecule has 0 saturated carbocycles. The molecule has 12 heteroatoms. The van der Waals surface area contributed by atoms with Crippen LogP contribution in [0.3, 0.4) is 0 Å². The standard InChI is InChI=1S/C32H33ClFN7O3/c1-21-29(44-32(36-21)41-14-12-23(13-15-41)22-6-8-24(33)9-7-22)30(42)37-25-10-11-28(35-20-25)39-16-18-40(19-17-39)31(43)38-27-5-3-2-4-26(27)34/h2-11,20,23H,12-19H2,1H3,(H,37,42)(H,38,43). The molecule has 2 aromatic heterocycles. The Kier molecular flexibility index (Phi) is 8.65. The summed E-state index contributed by atoms with van der Waals surface area (Å²) < 4.78 is 19.8. The second-order valence-electron chi connectivity index (χ2n) is 11.0. The number of para-hydroxylation sites is 1. The summed E-state index contributed by atoms with van der Waals surface area (Å²) in [5.74, 6) is 0.500. The van der Waals surface area contributed by atoms with Crippen LogP contribution in [0.5, 0.6) is 0 Å². The van der Waals surface area contributed by atoms with Gasteiger partial charge >= 0.3 is 6.03 Å². The highest BCUT2D eigenvalue weighted by Gasteiger charge is 2.27. The fourth-order valence-electron chi connectivity index (χ4n) is 5.60. The van der Waals surface area contributed by atoms with Gasteiger partial charge in [0.25, 0.3) is 11.9 Å². The van der Waals surface area contributed by atoms with Gasteiger partial charge < -0.3 is 29.8 Å². The van der Waals surface area contributed by atoms with Gasteiger partial charge in [-0.15, -0.1) is 0 Å². The number of halogens is 2. The molecule has 6 rings (SSSR count). The van der Waals surface area contributed by atoms with Gasteiger partial charge in [0, 0.05) is 44.3 Å². The van der Waals surface area contributed by atoms with E-state index in [1.807, 2.05) is 18.2 Å². The number of aromatic nitrogens is 2. The summed E-state index contributed by atoms with van der Waals surface area (Å²) in [6.07, 6.45) is 3.51. The SMILES string of the molecule is Cc1nc(N2CCC(c3ccc(Cl)cc3)CC2)oc1C(=O)Nc1ccc(N2CCN(C(=O)Nc3ccccc3F)CC2)nc1. The Labute approximate surface area is 259 Å². The van der Waals surface area contributed by atoms with Crippen molar-refractivity contribution in [3.8, 4) is 0 Å². The Morgan fingerprint density at radius 3 is 2.32 bits per heavy atom. The zero-order valence-electron chi connectivity index (χ0n) is 24.3. The van der Waals surface area contributed by atoms with E-state index in [2.05, 4.69) is 42.5 Å². The highest BCUT2D eigenvalue weighted by Crippen LogP contribution is 2.31. The third-order valence-corrected chi connectivity index (χ3v) is 8.36. The molecule has 2 aliphatic rings. The smallest absolute Gasteiger partial charge is 0.322 e. The number of nitrogens with one attached hydrogen (secondary N) is 2. The molecule has 2 N–H and O–H groups in total. The lowest BCUT2D eigenvalue weighted by Crippen LogP contribution is -2.50. The van der Waals surface area contributed by atoms with E-state index in [1.165, 1.54) is 17.7 Å². The molecule has 0 aliphatic carbocycles. The van der Waals surface area contributed by atoms with Crippen molar-refractivity contribution in [1.82, 2.24) is 14.9 Å². The van der Waals surface area contributed by atoms with E-state index in [9.17, 15) is 14.0 Å². The Bertz CT molecular complexity index is 1610. The molecule has 4 heterocycles. The van der Waals surface area contributed by atoms with Crippen LogP contribution in [0.15, 0.2) is 71.3 Å². The topological polar surface area (TPSA) is 107 Å². The number of aryl methyl sites for hydroxylation is 1. The van der Waals surface area contributed by atoms with E-state index in [1.54, 1.807) is 36.2 Å². The normalized spacial score (nSPS) is 15.8. The van der Waals surface area contributed by atoms with E-state index in [0.717, 1.165) is 36.8 Å². The maximum absolute atomic E-state index is 13.9. The highest BCUT2D eigenvalue weighted by molar-refractivity contribution is 6.30. The molecule has 0 radical (unpaired) electrons. The minimum atomic E-state index is -0.472. The number of amides is 3. The molecule has 0 unspecified atom stereocenters. The number of pyridine rings is 1. The number of rotatable bonds is 6. The molecule has 2 aromatic carbocycles. The van der Waals surface area contributed by atoms with Gasteiger partial charge in [-0.3, -0.25) is 4.79 Å². The third-order valence-electron chi connectivity index (χ3n) is 8.11. The van der Waals surface area contributed by atoms with Gasteiger partial charge in [-0.1, -0.05) is 35.9 Å². The molecule has 2 fully saturated rings. The quantitative estimate of drug-likeness (QED) is 0.267. The van der Waals surface area contributed by atoms with Crippen molar-refractivity contribution in [2.45, 2.75) is 25.7 Å². The average molecular weight is 618 g/mol. The van der Waals surface area contributed by atoms with E-state index in [-0.39, 0.29) is 23.4 Å². The largest absolute Gasteiger partial charge is 0.418 e. The van der Waals surface area contributed by atoms with Crippen LogP contribution in [0.2, 0.25) is 5.02 Å². The van der Waals surface area contributed by atoms with Crippen molar-refractivity contribution in [3.05, 3.63) is 94.7 Å². The van der Waals surface area contributed by atoms with Gasteiger partial charge in [0.2, 0.25) is 5.76 Å². The number of benzene rings is 2. The minimum absolute atomic E-state index is 0.158. The Morgan fingerprint density at radius 1 is 0.909 bits per heavy atom. The molecule has 4 aromatic rings. The monoisotopic (exact) mass is 617 g/mol. The van der Waals surface area contributed by atoms with Crippen molar-refractivity contribution in [2.75, 3.05) is 59.7 Å². The summed E-state index contributed by atoms with van der Waals surface area (Å²) in [5.41, 5.74) is 2.50. The number of anilines is 4. The van der Waals surface area contributed by atoms with Gasteiger partial charge in [0.05, 0.1) is 23.3 Å². The molecule has 10 nitrogen and oxygen atoms in total. The number of nitrogens with zero attached hydrogens (tertiary/aromatic N) is 5. The molecule has 0 atom stereocenters. The van der Waals surface area contributed by atoms with E-state index in [0.29, 0.717) is 49.5 Å². The first-order valence-corrected chi connectivity index (χ1v) is 15.0. The first-order chi connectivity index (χ1) is 21.3. The maximum Gasteiger partial charge on any atom is 0.322 e. The molecule has 44 heavy (non-hydrogen) atoms. The van der Waals surface area contributed by atoms with Gasteiger partial charge in [-0.05, 0) is 67.6 Å². The van der Waals surface area contributed by atoms with Crippen molar-refractivity contribution in [3.63, 3.8) is 0 Å². The Hall–Kier alpha value is -4.64. The lowest BCUT2D eigenvalue weighted by molar-refractivity contribution is 0.0996. The molecule has 228 valence electrons. The number of carbonyl (C=O) groups excluding carboxylic acids is 2. The predicted molar refractivity (Wildman–Crippen MR) is 168 cm³/mol. The second-order valence-corrected chi connectivity index (χ2v) is 11.4. The van der Waals surface area contributed by atoms with Gasteiger partial charge in [-0.25, -0.2) is 14.2 Å². The number of urea groups is 1. The minimum Gasteiger partial charge on any atom is -0.418 e. The molecule has 2 saturated heterocycles. The number of piperidine rings is 1. The fourth-order valence-corrected chi connectivity index (χ4v) is 5.72. The first-order valence-electron chi connectivity index (χ1n) is 14.6. The first kappa shape index (κ1) is 29.4. The van der Waals surface area contributed by atoms with Crippen molar-refractivity contribution in [1.29, 1.82) is 0 Å². The van der Waals surface area contributed by atoms with Crippen molar-refractivity contribution >= 4 is 46.7 Å². The Morgan fingerprint density at radius 2 is 1.64 bits per heavy atom. The molecule has 0 bridgehead atoms. The van der Waals surface area contributed by atoms with E-state index < -0.39 is 5.82 Å². The van der Waals surface area contributed by atoms with Gasteiger partial charge in [0.1, 0.15) is 11.6 Å². The number of carbonyl (C=O) groups is 2. The van der Waals surface area contributed by atoms with E-state index in [4.69, 9.17) is 16.0 Å². The summed E-state index contributed by atoms with van der Waals surface area (Å²) in [6, 6.07) is 17.8. The number of piperazine rings is 1. The molecular weight excluding hydrogens is 585 g/mol. The average Bonchev–Trinajstić information content (AvgIpc) is 3.44. The van der Waals surface area contributed by atoms with Crippen LogP contribution in [0.1, 0.15) is 40.6 Å². The fraction of sp³-hybridized carbons (Fsp3) is 0.312. The van der Waals surface area contributed by atoms with Crippen LogP contribution >= 0.6 is 11.6 Å². The highest BCUT2D eigenvalue weighted by atomic mass is 35.5. The summed E-state index contributed by atoms with van der Waals surface area (Å²) in [6.45, 7) is 5.40. The van der Waals surface area contributed by atoms with Crippen LogP contribution in [0.25, 0.3) is 0 Å². The number of hydrogen-bond acceptors (Lipinski definition) is 7. The predicted octanol–water partition coefficient (Wildman–Crippen LogP) is 6.16. The number of hydrogen-bond donors (Lipinski definition) is 2. The molecular formula is C32H33ClFN7O3. The lowest BCUT2D eigenvalue weighted by atomic mass is 9.90. The summed E-state index contributed by atoms with van der Waals surface area (Å²) >= 11 is 6.03. The van der Waals surface area contributed by atoms with Gasteiger partial charge in [0.15, 0.2) is 0 Å². The van der Waals surface area contributed by atoms with Crippen LogP contribution in [-0.4, -0.2) is 66.1 Å². The zero-order chi connectivity index (χ0) is 30.6. The van der Waals surface area contributed by atoms with Crippen LogP contribution in [0, 0.1) is 12.7 Å². The second kappa shape index (κ2) is 12.9. The van der Waals surface area contributed by atoms with Gasteiger partial charge in [-0.2, -0.15) is 4.98 Å². The third kappa shape index (κ3) is 6.62. The van der Waals surface area contributed by atoms with Crippen molar-refractivity contribution in [2.24, 2.45) is 0 Å². The number of oxazole rings is 1. The van der Waals surface area contributed by atoms with Crippen LogP contribution < -0.4 is 20.4 Å². The van der Waals surface area contributed by atoms with Crippen molar-refractivity contribution < 1.29 is 18.4 Å². The van der Waals surface area contributed by atoms with Crippen LogP contribution in [-0.2, 0) is 0 Å². The summed E-state index contributed by atoms with van der Waals surface area (Å²) in [4.78, 5) is 40.5. The Balaban J connectivity index is 0.997. The maximum atomic E-state index is 13.9. The van der Waals surface area contributed by atoms with E-state index >= 15 is 0 Å². The molecule has 2 aliphatic heterocycles. The lowest BCUT2D eigenvalue weighted by Gasteiger charge is -2.35. The summed E-state index contributed by atoms with van der Waals surface area (Å²) in [5, 5.41) is 6.22. The molecule has 0 spiro atoms. The molecule has 3 amide bonds.